The molecular formula is C20H22F2N4O2. The predicted molar refractivity (Wildman–Crippen MR) is 101 cm³/mol. The number of aliphatic hydroxyl groups excluding tert-OH is 1. The number of benzene rings is 1. The van der Waals surface area contributed by atoms with Crippen LogP contribution in [0.25, 0.3) is 11.0 Å². The van der Waals surface area contributed by atoms with Gasteiger partial charge in [0.05, 0.1) is 11.5 Å². The molecule has 0 saturated heterocycles. The summed E-state index contributed by atoms with van der Waals surface area (Å²) in [5, 5.41) is 14.1. The Balaban J connectivity index is 1.56. The second kappa shape index (κ2) is 7.71. The second-order valence-electron chi connectivity index (χ2n) is 7.19. The van der Waals surface area contributed by atoms with Crippen molar-refractivity contribution in [1.82, 2.24) is 14.5 Å². The summed E-state index contributed by atoms with van der Waals surface area (Å²) in [4.78, 5) is 8.72. The fourth-order valence-corrected chi connectivity index (χ4v) is 3.87. The number of nitrogens with zero attached hydrogens (tertiary/aromatic N) is 3. The van der Waals surface area contributed by atoms with Gasteiger partial charge in [0.25, 0.3) is 0 Å². The number of alkyl halides is 2. The van der Waals surface area contributed by atoms with Gasteiger partial charge in [-0.2, -0.15) is 8.78 Å². The molecule has 6 nitrogen and oxygen atoms in total. The van der Waals surface area contributed by atoms with Gasteiger partial charge in [0.1, 0.15) is 23.5 Å². The lowest BCUT2D eigenvalue weighted by Crippen LogP contribution is -2.09. The molecule has 1 saturated carbocycles. The molecule has 0 amide bonds. The van der Waals surface area contributed by atoms with Crippen LogP contribution in [0.4, 0.5) is 14.6 Å². The first-order valence-electron chi connectivity index (χ1n) is 9.29. The largest absolute Gasteiger partial charge is 0.434 e. The minimum Gasteiger partial charge on any atom is -0.434 e. The van der Waals surface area contributed by atoms with Gasteiger partial charge >= 0.3 is 6.61 Å². The third-order valence-electron chi connectivity index (χ3n) is 5.35. The van der Waals surface area contributed by atoms with Crippen molar-refractivity contribution in [1.29, 1.82) is 0 Å². The van der Waals surface area contributed by atoms with E-state index in [1.165, 1.54) is 12.4 Å². The van der Waals surface area contributed by atoms with Gasteiger partial charge in [0, 0.05) is 24.3 Å². The summed E-state index contributed by atoms with van der Waals surface area (Å²) in [6.45, 7) is -0.526. The average molecular weight is 388 g/mol. The Labute approximate surface area is 161 Å². The molecule has 1 aromatic carbocycles. The van der Waals surface area contributed by atoms with Crippen molar-refractivity contribution < 1.29 is 18.6 Å². The Bertz CT molecular complexity index is 952. The first kappa shape index (κ1) is 18.6. The van der Waals surface area contributed by atoms with E-state index in [1.807, 2.05) is 12.3 Å². The number of halogens is 2. The summed E-state index contributed by atoms with van der Waals surface area (Å²) in [5.74, 6) is 1.03. The molecule has 0 spiro atoms. The van der Waals surface area contributed by atoms with Crippen LogP contribution in [-0.4, -0.2) is 32.4 Å². The number of nitrogens with one attached hydrogen (secondary N) is 1. The summed E-state index contributed by atoms with van der Waals surface area (Å²) >= 11 is 0. The third-order valence-corrected chi connectivity index (χ3v) is 5.35. The molecule has 1 aliphatic carbocycles. The first-order chi connectivity index (χ1) is 13.5. The van der Waals surface area contributed by atoms with E-state index in [9.17, 15) is 13.9 Å². The van der Waals surface area contributed by atoms with Crippen LogP contribution in [0.15, 0.2) is 42.9 Å². The van der Waals surface area contributed by atoms with Gasteiger partial charge in [-0.3, -0.25) is 0 Å². The summed E-state index contributed by atoms with van der Waals surface area (Å²) in [7, 11) is 0. The van der Waals surface area contributed by atoms with Crippen LogP contribution in [0.1, 0.15) is 31.4 Å². The topological polar surface area (TPSA) is 72.2 Å². The highest BCUT2D eigenvalue weighted by Crippen LogP contribution is 2.37. The van der Waals surface area contributed by atoms with Crippen LogP contribution in [0, 0.1) is 5.92 Å². The van der Waals surface area contributed by atoms with Crippen molar-refractivity contribution >= 4 is 16.9 Å². The summed E-state index contributed by atoms with van der Waals surface area (Å²) in [5.41, 5.74) is 1.41. The number of aromatic nitrogens is 3. The van der Waals surface area contributed by atoms with E-state index in [-0.39, 0.29) is 23.8 Å². The summed E-state index contributed by atoms with van der Waals surface area (Å²) in [6.07, 6.45) is 4.76. The molecule has 0 bridgehead atoms. The Hall–Kier alpha value is -2.74. The number of rotatable bonds is 6. The van der Waals surface area contributed by atoms with Gasteiger partial charge in [0.15, 0.2) is 0 Å². The Kier molecular flexibility index (Phi) is 5.13. The molecule has 1 fully saturated rings. The van der Waals surface area contributed by atoms with Crippen LogP contribution in [-0.2, 0) is 6.54 Å². The smallest absolute Gasteiger partial charge is 0.387 e. The number of hydrogen-bond acceptors (Lipinski definition) is 5. The monoisotopic (exact) mass is 388 g/mol. The van der Waals surface area contributed by atoms with Crippen molar-refractivity contribution in [2.75, 3.05) is 5.32 Å². The Morgan fingerprint density at radius 2 is 2.07 bits per heavy atom. The number of para-hydroxylation sites is 1. The molecule has 0 aliphatic heterocycles. The van der Waals surface area contributed by atoms with Crippen molar-refractivity contribution in [2.24, 2.45) is 5.92 Å². The van der Waals surface area contributed by atoms with Crippen molar-refractivity contribution in [3.05, 3.63) is 48.4 Å². The van der Waals surface area contributed by atoms with Crippen molar-refractivity contribution in [3.63, 3.8) is 0 Å². The molecular weight excluding hydrogens is 366 g/mol. The van der Waals surface area contributed by atoms with Crippen molar-refractivity contribution in [3.8, 4) is 5.75 Å². The number of hydrogen-bond donors (Lipinski definition) is 2. The molecule has 2 heterocycles. The highest BCUT2D eigenvalue weighted by atomic mass is 19.3. The van der Waals surface area contributed by atoms with E-state index in [4.69, 9.17) is 0 Å². The minimum absolute atomic E-state index is 0.141. The number of anilines is 1. The van der Waals surface area contributed by atoms with Crippen LogP contribution in [0.3, 0.4) is 0 Å². The van der Waals surface area contributed by atoms with Crippen LogP contribution >= 0.6 is 0 Å². The second-order valence-corrected chi connectivity index (χ2v) is 7.19. The SMILES string of the molecule is C[C@@H]1C[C@@H](n2ccc3c(NCc4ccccc4OC(F)F)ncnc32)C[C@@H]1O. The zero-order chi connectivity index (χ0) is 19.7. The predicted octanol–water partition coefficient (Wildman–Crippen LogP) is 3.98. The number of ether oxygens (including phenoxy) is 1. The number of fused-ring (bicyclic) bond motifs is 1. The third kappa shape index (κ3) is 3.64. The maximum Gasteiger partial charge on any atom is 0.387 e. The maximum absolute atomic E-state index is 12.6. The standard InChI is InChI=1S/C20H22F2N4O2/c1-12-8-14(9-16(12)27)26-7-6-15-18(24-11-25-19(15)26)23-10-13-4-2-3-5-17(13)28-20(21)22/h2-7,11-12,14,16,20,27H,8-10H2,1H3,(H,23,24,25)/t12-,14-,16+/m1/s1. The lowest BCUT2D eigenvalue weighted by atomic mass is 10.1. The fraction of sp³-hybridized carbons (Fsp3) is 0.400. The highest BCUT2D eigenvalue weighted by Gasteiger charge is 2.31. The molecule has 0 unspecified atom stereocenters. The highest BCUT2D eigenvalue weighted by molar-refractivity contribution is 5.87. The van der Waals surface area contributed by atoms with Gasteiger partial charge in [-0.1, -0.05) is 25.1 Å². The molecule has 148 valence electrons. The van der Waals surface area contributed by atoms with E-state index in [1.54, 1.807) is 18.2 Å². The lowest BCUT2D eigenvalue weighted by Gasteiger charge is -2.14. The van der Waals surface area contributed by atoms with Crippen LogP contribution in [0.5, 0.6) is 5.75 Å². The van der Waals surface area contributed by atoms with Crippen molar-refractivity contribution in [2.45, 2.75) is 45.1 Å². The van der Waals surface area contributed by atoms with Gasteiger partial charge in [0.2, 0.25) is 0 Å². The first-order valence-corrected chi connectivity index (χ1v) is 9.29. The van der Waals surface area contributed by atoms with Gasteiger partial charge in [-0.05, 0) is 30.9 Å². The normalized spacial score (nSPS) is 22.1. The van der Waals surface area contributed by atoms with Crippen LogP contribution in [0.2, 0.25) is 0 Å². The summed E-state index contributed by atoms with van der Waals surface area (Å²) in [6, 6.07) is 8.81. The van der Waals surface area contributed by atoms with Crippen LogP contribution < -0.4 is 10.1 Å². The lowest BCUT2D eigenvalue weighted by molar-refractivity contribution is -0.0504. The quantitative estimate of drug-likeness (QED) is 0.668. The van der Waals surface area contributed by atoms with Gasteiger partial charge in [-0.25, -0.2) is 9.97 Å². The van der Waals surface area contributed by atoms with E-state index in [2.05, 4.69) is 31.5 Å². The molecule has 4 rings (SSSR count). The Morgan fingerprint density at radius 3 is 2.82 bits per heavy atom. The average Bonchev–Trinajstić information content (AvgIpc) is 3.24. The fourth-order valence-electron chi connectivity index (χ4n) is 3.87. The number of aliphatic hydroxyl groups is 1. The van der Waals surface area contributed by atoms with Gasteiger partial charge < -0.3 is 19.7 Å². The molecule has 3 aromatic rings. The van der Waals surface area contributed by atoms with Gasteiger partial charge in [-0.15, -0.1) is 0 Å². The summed E-state index contributed by atoms with van der Waals surface area (Å²) < 4.78 is 31.9. The molecule has 3 atom stereocenters. The molecule has 28 heavy (non-hydrogen) atoms. The molecule has 0 radical (unpaired) electrons. The zero-order valence-corrected chi connectivity index (χ0v) is 15.4. The molecule has 8 heteroatoms. The van der Waals surface area contributed by atoms with E-state index >= 15 is 0 Å². The minimum atomic E-state index is -2.87. The molecule has 2 aromatic heterocycles. The van der Waals surface area contributed by atoms with E-state index in [0.717, 1.165) is 17.5 Å². The van der Waals surface area contributed by atoms with E-state index < -0.39 is 6.61 Å². The Morgan fingerprint density at radius 1 is 1.25 bits per heavy atom. The zero-order valence-electron chi connectivity index (χ0n) is 15.4. The van der Waals surface area contributed by atoms with E-state index in [0.29, 0.717) is 24.3 Å². The molecule has 1 aliphatic rings. The molecule has 2 N–H and O–H groups in total. The maximum atomic E-state index is 12.6.